The fourth-order valence-corrected chi connectivity index (χ4v) is 2.11. The second-order valence-electron chi connectivity index (χ2n) is 3.64. The van der Waals surface area contributed by atoms with Crippen LogP contribution in [0.4, 0.5) is 4.39 Å². The van der Waals surface area contributed by atoms with Crippen LogP contribution in [0.15, 0.2) is 42.5 Å². The minimum Gasteiger partial charge on any atom is -0.207 e. The van der Waals surface area contributed by atoms with E-state index in [2.05, 4.69) is 12.1 Å². The van der Waals surface area contributed by atoms with Gasteiger partial charge in [0.25, 0.3) is 0 Å². The first-order valence-corrected chi connectivity index (χ1v) is 4.71. The molecular weight excluding hydrogens is 175 g/mol. The normalized spacial score (nSPS) is 12.4. The molecule has 0 unspecified atom stereocenters. The van der Waals surface area contributed by atoms with Gasteiger partial charge in [0.05, 0.1) is 0 Å². The Morgan fingerprint density at radius 1 is 0.857 bits per heavy atom. The quantitative estimate of drug-likeness (QED) is 0.502. The second kappa shape index (κ2) is 2.68. The van der Waals surface area contributed by atoms with Gasteiger partial charge in [-0.25, -0.2) is 4.39 Å². The molecule has 2 aromatic carbocycles. The third kappa shape index (κ3) is 0.987. The maximum Gasteiger partial charge on any atom is 0.123 e. The van der Waals surface area contributed by atoms with E-state index >= 15 is 0 Å². The van der Waals surface area contributed by atoms with Crippen molar-refractivity contribution in [1.82, 2.24) is 0 Å². The number of halogens is 1. The molecule has 3 rings (SSSR count). The van der Waals surface area contributed by atoms with E-state index in [1.807, 2.05) is 18.2 Å². The smallest absolute Gasteiger partial charge is 0.123 e. The summed E-state index contributed by atoms with van der Waals surface area (Å²) in [6.07, 6.45) is 0.864. The minimum absolute atomic E-state index is 0.142. The van der Waals surface area contributed by atoms with Crippen molar-refractivity contribution in [2.24, 2.45) is 0 Å². The van der Waals surface area contributed by atoms with Crippen LogP contribution in [0, 0.1) is 5.82 Å². The van der Waals surface area contributed by atoms with Crippen molar-refractivity contribution in [3.05, 3.63) is 59.4 Å². The van der Waals surface area contributed by atoms with Gasteiger partial charge >= 0.3 is 0 Å². The van der Waals surface area contributed by atoms with Crippen LogP contribution in [0.2, 0.25) is 0 Å². The SMILES string of the molecule is Fc1ccc2c(c1)Cc1ccccc1-2. The summed E-state index contributed by atoms with van der Waals surface area (Å²) in [6.45, 7) is 0. The Labute approximate surface area is 82.0 Å². The monoisotopic (exact) mass is 184 g/mol. The Bertz CT molecular complexity index is 500. The van der Waals surface area contributed by atoms with Crippen molar-refractivity contribution in [1.29, 1.82) is 0 Å². The molecule has 0 nitrogen and oxygen atoms in total. The molecule has 2 aromatic rings. The molecule has 0 saturated carbocycles. The molecule has 0 fully saturated rings. The minimum atomic E-state index is -0.142. The molecule has 14 heavy (non-hydrogen) atoms. The van der Waals surface area contributed by atoms with Gasteiger partial charge in [-0.3, -0.25) is 0 Å². The highest BCUT2D eigenvalue weighted by atomic mass is 19.1. The zero-order chi connectivity index (χ0) is 9.54. The fourth-order valence-electron chi connectivity index (χ4n) is 2.11. The zero-order valence-electron chi connectivity index (χ0n) is 7.63. The van der Waals surface area contributed by atoms with Crippen LogP contribution in [0.3, 0.4) is 0 Å². The second-order valence-corrected chi connectivity index (χ2v) is 3.64. The Morgan fingerprint density at radius 2 is 1.64 bits per heavy atom. The van der Waals surface area contributed by atoms with Crippen LogP contribution in [-0.4, -0.2) is 0 Å². The highest BCUT2D eigenvalue weighted by Crippen LogP contribution is 2.36. The predicted octanol–water partition coefficient (Wildman–Crippen LogP) is 3.40. The number of benzene rings is 2. The molecule has 0 radical (unpaired) electrons. The number of rotatable bonds is 0. The first-order chi connectivity index (χ1) is 6.84. The Morgan fingerprint density at radius 3 is 2.57 bits per heavy atom. The summed E-state index contributed by atoms with van der Waals surface area (Å²) in [5.74, 6) is -0.142. The van der Waals surface area contributed by atoms with Gasteiger partial charge in [-0.1, -0.05) is 30.3 Å². The van der Waals surface area contributed by atoms with Crippen molar-refractivity contribution in [3.63, 3.8) is 0 Å². The van der Waals surface area contributed by atoms with Crippen molar-refractivity contribution >= 4 is 0 Å². The summed E-state index contributed by atoms with van der Waals surface area (Å²) in [4.78, 5) is 0. The molecule has 0 bridgehead atoms. The molecule has 0 aromatic heterocycles. The molecule has 0 spiro atoms. The van der Waals surface area contributed by atoms with Crippen LogP contribution >= 0.6 is 0 Å². The van der Waals surface area contributed by atoms with Crippen molar-refractivity contribution in [3.8, 4) is 11.1 Å². The standard InChI is InChI=1S/C13H9F/c14-11-5-6-13-10(8-11)7-9-3-1-2-4-12(9)13/h1-6,8H,7H2. The zero-order valence-corrected chi connectivity index (χ0v) is 7.63. The molecule has 1 aliphatic carbocycles. The van der Waals surface area contributed by atoms with Gasteiger partial charge in [0, 0.05) is 0 Å². The fraction of sp³-hybridized carbons (Fsp3) is 0.0769. The maximum absolute atomic E-state index is 13.0. The molecule has 0 atom stereocenters. The average Bonchev–Trinajstić information content (AvgIpc) is 2.54. The molecule has 68 valence electrons. The van der Waals surface area contributed by atoms with Gasteiger partial charge in [0.15, 0.2) is 0 Å². The summed E-state index contributed by atoms with van der Waals surface area (Å²) in [5, 5.41) is 0. The van der Waals surface area contributed by atoms with Gasteiger partial charge in [0.1, 0.15) is 5.82 Å². The molecule has 1 aliphatic rings. The third-order valence-electron chi connectivity index (χ3n) is 2.76. The number of hydrogen-bond acceptors (Lipinski definition) is 0. The van der Waals surface area contributed by atoms with E-state index in [1.165, 1.54) is 22.8 Å². The van der Waals surface area contributed by atoms with E-state index in [0.717, 1.165) is 12.0 Å². The van der Waals surface area contributed by atoms with Crippen molar-refractivity contribution in [2.45, 2.75) is 6.42 Å². The summed E-state index contributed by atoms with van der Waals surface area (Å²) in [7, 11) is 0. The van der Waals surface area contributed by atoms with E-state index in [0.29, 0.717) is 0 Å². The van der Waals surface area contributed by atoms with E-state index in [1.54, 1.807) is 6.07 Å². The summed E-state index contributed by atoms with van der Waals surface area (Å²) >= 11 is 0. The van der Waals surface area contributed by atoms with E-state index in [-0.39, 0.29) is 5.82 Å². The van der Waals surface area contributed by atoms with Crippen LogP contribution in [-0.2, 0) is 6.42 Å². The highest BCUT2D eigenvalue weighted by Gasteiger charge is 2.17. The first kappa shape index (κ1) is 7.74. The summed E-state index contributed by atoms with van der Waals surface area (Å²) in [6, 6.07) is 13.3. The van der Waals surface area contributed by atoms with E-state index in [4.69, 9.17) is 0 Å². The van der Waals surface area contributed by atoms with Crippen LogP contribution < -0.4 is 0 Å². The van der Waals surface area contributed by atoms with Crippen LogP contribution in [0.25, 0.3) is 11.1 Å². The lowest BCUT2D eigenvalue weighted by Crippen LogP contribution is -1.81. The molecule has 1 heteroatoms. The van der Waals surface area contributed by atoms with E-state index in [9.17, 15) is 4.39 Å². The number of fused-ring (bicyclic) bond motifs is 3. The highest BCUT2D eigenvalue weighted by molar-refractivity contribution is 5.76. The van der Waals surface area contributed by atoms with Gasteiger partial charge in [0.2, 0.25) is 0 Å². The predicted molar refractivity (Wildman–Crippen MR) is 54.6 cm³/mol. The molecule has 0 heterocycles. The van der Waals surface area contributed by atoms with Crippen LogP contribution in [0.5, 0.6) is 0 Å². The lowest BCUT2D eigenvalue weighted by molar-refractivity contribution is 0.626. The molecule has 0 aliphatic heterocycles. The average molecular weight is 184 g/mol. The van der Waals surface area contributed by atoms with Crippen molar-refractivity contribution < 1.29 is 4.39 Å². The lowest BCUT2D eigenvalue weighted by atomic mass is 10.1. The molecular formula is C13H9F. The molecule has 0 N–H and O–H groups in total. The van der Waals surface area contributed by atoms with Gasteiger partial charge in [-0.2, -0.15) is 0 Å². The van der Waals surface area contributed by atoms with Crippen LogP contribution in [0.1, 0.15) is 11.1 Å². The largest absolute Gasteiger partial charge is 0.207 e. The van der Waals surface area contributed by atoms with Crippen molar-refractivity contribution in [2.75, 3.05) is 0 Å². The van der Waals surface area contributed by atoms with Gasteiger partial charge < -0.3 is 0 Å². The first-order valence-electron chi connectivity index (χ1n) is 4.71. The topological polar surface area (TPSA) is 0 Å². The van der Waals surface area contributed by atoms with E-state index < -0.39 is 0 Å². The molecule has 0 amide bonds. The third-order valence-corrected chi connectivity index (χ3v) is 2.76. The maximum atomic E-state index is 13.0. The Balaban J connectivity index is 2.27. The lowest BCUT2D eigenvalue weighted by Gasteiger charge is -1.99. The summed E-state index contributed by atoms with van der Waals surface area (Å²) < 4.78 is 13.0. The number of hydrogen-bond donors (Lipinski definition) is 0. The molecule has 0 saturated heterocycles. The summed E-state index contributed by atoms with van der Waals surface area (Å²) in [5.41, 5.74) is 4.84. The van der Waals surface area contributed by atoms with Gasteiger partial charge in [-0.15, -0.1) is 0 Å². The van der Waals surface area contributed by atoms with Gasteiger partial charge in [-0.05, 0) is 40.8 Å². The Kier molecular flexibility index (Phi) is 1.48. The Hall–Kier alpha value is -1.63.